The third kappa shape index (κ3) is 1.82. The number of fused-ring (bicyclic) bond motifs is 1. The van der Waals surface area contributed by atoms with Gasteiger partial charge in [-0.3, -0.25) is 9.88 Å². The predicted octanol–water partition coefficient (Wildman–Crippen LogP) is 2.51. The van der Waals surface area contributed by atoms with Crippen molar-refractivity contribution in [3.05, 3.63) is 23.0 Å². The van der Waals surface area contributed by atoms with E-state index in [0.29, 0.717) is 6.04 Å². The highest BCUT2D eigenvalue weighted by atomic mass is 15.1. The molecule has 0 amide bonds. The maximum atomic E-state index is 4.60. The first kappa shape index (κ1) is 11.0. The van der Waals surface area contributed by atoms with Crippen LogP contribution in [0.4, 0.5) is 5.69 Å². The molecule has 0 radical (unpaired) electrons. The maximum absolute atomic E-state index is 4.60. The number of aryl methyl sites for hydroxylation is 1. The summed E-state index contributed by atoms with van der Waals surface area (Å²) in [5, 5.41) is 3.60. The molecule has 3 heterocycles. The lowest BCUT2D eigenvalue weighted by molar-refractivity contribution is 0.317. The van der Waals surface area contributed by atoms with Gasteiger partial charge in [-0.15, -0.1) is 0 Å². The third-order valence-corrected chi connectivity index (χ3v) is 4.21. The van der Waals surface area contributed by atoms with Crippen molar-refractivity contribution in [1.29, 1.82) is 0 Å². The lowest BCUT2D eigenvalue weighted by Gasteiger charge is -2.27. The fourth-order valence-electron chi connectivity index (χ4n) is 3.21. The van der Waals surface area contributed by atoms with Crippen molar-refractivity contribution in [3.8, 4) is 0 Å². The van der Waals surface area contributed by atoms with Gasteiger partial charge in [0.15, 0.2) is 0 Å². The molecule has 92 valence electrons. The molecule has 1 N–H and O–H groups in total. The number of nitrogens with zero attached hydrogens (tertiary/aromatic N) is 2. The van der Waals surface area contributed by atoms with Crippen molar-refractivity contribution in [2.75, 3.05) is 25.5 Å². The van der Waals surface area contributed by atoms with E-state index in [1.54, 1.807) is 0 Å². The van der Waals surface area contributed by atoms with Crippen molar-refractivity contribution in [2.24, 2.45) is 0 Å². The Morgan fingerprint density at radius 3 is 3.06 bits per heavy atom. The first-order chi connectivity index (χ1) is 8.27. The molecule has 1 saturated heterocycles. The van der Waals surface area contributed by atoms with E-state index in [4.69, 9.17) is 0 Å². The third-order valence-electron chi connectivity index (χ3n) is 4.21. The molecule has 1 atom stereocenters. The minimum Gasteiger partial charge on any atom is -0.384 e. The molecule has 3 heteroatoms. The quantitative estimate of drug-likeness (QED) is 0.805. The van der Waals surface area contributed by atoms with Gasteiger partial charge in [0.1, 0.15) is 0 Å². The van der Waals surface area contributed by atoms with Gasteiger partial charge in [0.25, 0.3) is 0 Å². The molecule has 0 aromatic carbocycles. The van der Waals surface area contributed by atoms with Crippen LogP contribution in [0.1, 0.15) is 42.1 Å². The Hall–Kier alpha value is -1.09. The lowest BCUT2D eigenvalue weighted by Crippen LogP contribution is -2.22. The number of anilines is 1. The van der Waals surface area contributed by atoms with Gasteiger partial charge in [-0.25, -0.2) is 0 Å². The zero-order valence-electron chi connectivity index (χ0n) is 10.8. The highest BCUT2D eigenvalue weighted by Gasteiger charge is 2.27. The van der Waals surface area contributed by atoms with Crippen LogP contribution in [0.25, 0.3) is 0 Å². The minimum absolute atomic E-state index is 0.572. The van der Waals surface area contributed by atoms with E-state index >= 15 is 0 Å². The van der Waals surface area contributed by atoms with Crippen LogP contribution in [0.2, 0.25) is 0 Å². The molecule has 0 spiro atoms. The number of aromatic nitrogens is 1. The normalized spacial score (nSPS) is 24.5. The van der Waals surface area contributed by atoms with Crippen molar-refractivity contribution in [1.82, 2.24) is 9.88 Å². The van der Waals surface area contributed by atoms with E-state index in [9.17, 15) is 0 Å². The second-order valence-electron chi connectivity index (χ2n) is 5.32. The number of rotatable bonds is 1. The monoisotopic (exact) mass is 231 g/mol. The Labute approximate surface area is 103 Å². The molecule has 2 aliphatic heterocycles. The largest absolute Gasteiger partial charge is 0.384 e. The number of nitrogens with one attached hydrogen (secondary N) is 1. The Morgan fingerprint density at radius 2 is 2.29 bits per heavy atom. The Bertz CT molecular complexity index is 428. The summed E-state index contributed by atoms with van der Waals surface area (Å²) in [7, 11) is 2.23. The van der Waals surface area contributed by atoms with Crippen molar-refractivity contribution in [3.63, 3.8) is 0 Å². The smallest absolute Gasteiger partial charge is 0.0455 e. The molecule has 17 heavy (non-hydrogen) atoms. The van der Waals surface area contributed by atoms with Gasteiger partial charge in [-0.2, -0.15) is 0 Å². The first-order valence-corrected chi connectivity index (χ1v) is 6.70. The zero-order valence-corrected chi connectivity index (χ0v) is 10.8. The fraction of sp³-hybridized carbons (Fsp3) is 0.643. The molecule has 0 unspecified atom stereocenters. The molecule has 0 aliphatic carbocycles. The fourth-order valence-corrected chi connectivity index (χ4v) is 3.21. The van der Waals surface area contributed by atoms with Crippen LogP contribution in [0.3, 0.4) is 0 Å². The van der Waals surface area contributed by atoms with Crippen LogP contribution in [0.15, 0.2) is 6.20 Å². The van der Waals surface area contributed by atoms with Crippen LogP contribution in [0.5, 0.6) is 0 Å². The SMILES string of the molecule is Cc1ncc([C@@H]2CCCN2C)c2c1CCCN2. The lowest BCUT2D eigenvalue weighted by atomic mass is 9.95. The van der Waals surface area contributed by atoms with E-state index in [-0.39, 0.29) is 0 Å². The number of hydrogen-bond acceptors (Lipinski definition) is 3. The summed E-state index contributed by atoms with van der Waals surface area (Å²) >= 11 is 0. The van der Waals surface area contributed by atoms with Crippen LogP contribution in [0, 0.1) is 6.92 Å². The molecule has 1 aromatic rings. The van der Waals surface area contributed by atoms with E-state index < -0.39 is 0 Å². The molecule has 1 fully saturated rings. The van der Waals surface area contributed by atoms with E-state index in [1.807, 2.05) is 0 Å². The summed E-state index contributed by atoms with van der Waals surface area (Å²) in [6.45, 7) is 4.46. The zero-order chi connectivity index (χ0) is 11.8. The molecule has 0 saturated carbocycles. The average Bonchev–Trinajstić information content (AvgIpc) is 2.77. The van der Waals surface area contributed by atoms with Gasteiger partial charge in [0.2, 0.25) is 0 Å². The second-order valence-corrected chi connectivity index (χ2v) is 5.32. The summed E-state index contributed by atoms with van der Waals surface area (Å²) < 4.78 is 0. The van der Waals surface area contributed by atoms with E-state index in [2.05, 4.69) is 35.4 Å². The molecule has 2 aliphatic rings. The topological polar surface area (TPSA) is 28.2 Å². The first-order valence-electron chi connectivity index (χ1n) is 6.70. The highest BCUT2D eigenvalue weighted by Crippen LogP contribution is 2.38. The summed E-state index contributed by atoms with van der Waals surface area (Å²) in [5.74, 6) is 0. The molecule has 0 bridgehead atoms. The van der Waals surface area contributed by atoms with Crippen LogP contribution in [-0.4, -0.2) is 30.0 Å². The van der Waals surface area contributed by atoms with Crippen molar-refractivity contribution >= 4 is 5.69 Å². The molecule has 3 rings (SSSR count). The van der Waals surface area contributed by atoms with Gasteiger partial charge in [0.05, 0.1) is 0 Å². The van der Waals surface area contributed by atoms with Crippen LogP contribution in [-0.2, 0) is 6.42 Å². The minimum atomic E-state index is 0.572. The summed E-state index contributed by atoms with van der Waals surface area (Å²) in [5.41, 5.74) is 5.47. The summed E-state index contributed by atoms with van der Waals surface area (Å²) in [4.78, 5) is 7.07. The summed E-state index contributed by atoms with van der Waals surface area (Å²) in [6.07, 6.45) is 7.10. The summed E-state index contributed by atoms with van der Waals surface area (Å²) in [6, 6.07) is 0.572. The van der Waals surface area contributed by atoms with E-state index in [0.717, 1.165) is 6.54 Å². The van der Waals surface area contributed by atoms with E-state index in [1.165, 1.54) is 54.7 Å². The number of hydrogen-bond donors (Lipinski definition) is 1. The molecule has 3 nitrogen and oxygen atoms in total. The van der Waals surface area contributed by atoms with Crippen LogP contribution < -0.4 is 5.32 Å². The number of likely N-dealkylation sites (tertiary alicyclic amines) is 1. The maximum Gasteiger partial charge on any atom is 0.0455 e. The van der Waals surface area contributed by atoms with Gasteiger partial charge < -0.3 is 5.32 Å². The molecule has 1 aromatic heterocycles. The Morgan fingerprint density at radius 1 is 1.41 bits per heavy atom. The van der Waals surface area contributed by atoms with Gasteiger partial charge in [-0.1, -0.05) is 0 Å². The van der Waals surface area contributed by atoms with Crippen molar-refractivity contribution in [2.45, 2.75) is 38.6 Å². The number of pyridine rings is 1. The van der Waals surface area contributed by atoms with Crippen molar-refractivity contribution < 1.29 is 0 Å². The van der Waals surface area contributed by atoms with Crippen LogP contribution >= 0.6 is 0 Å². The Kier molecular flexibility index (Phi) is 2.79. The Balaban J connectivity index is 2.04. The second kappa shape index (κ2) is 4.30. The van der Waals surface area contributed by atoms with Gasteiger partial charge in [0, 0.05) is 35.7 Å². The van der Waals surface area contributed by atoms with Gasteiger partial charge in [-0.05, 0) is 51.8 Å². The molecular formula is C14H21N3. The highest BCUT2D eigenvalue weighted by molar-refractivity contribution is 5.61. The average molecular weight is 231 g/mol. The standard InChI is InChI=1S/C14H21N3/c1-10-11-5-3-7-15-14(11)12(9-16-10)13-6-4-8-17(13)2/h9,13,15H,3-8H2,1-2H3/t13-/m0/s1. The molecular weight excluding hydrogens is 210 g/mol. The predicted molar refractivity (Wildman–Crippen MR) is 70.4 cm³/mol. The van der Waals surface area contributed by atoms with Gasteiger partial charge >= 0.3 is 0 Å².